The standard InChI is InChI=1S/C21H41NSi/c1-5-18-23(4,19-6-2)21(7-3)20-16-14-12-10-8-9-11-13-15-17-22-20/h7,21H,3,5-6,8-19H2,1-2,4H3. The number of rotatable bonds is 7. The van der Waals surface area contributed by atoms with Gasteiger partial charge in [0, 0.05) is 17.8 Å². The van der Waals surface area contributed by atoms with Crippen molar-refractivity contribution < 1.29 is 0 Å². The highest BCUT2D eigenvalue weighted by Crippen LogP contribution is 2.36. The summed E-state index contributed by atoms with van der Waals surface area (Å²) in [6.45, 7) is 12.6. The van der Waals surface area contributed by atoms with Crippen molar-refractivity contribution in [3.63, 3.8) is 0 Å². The molecule has 0 radical (unpaired) electrons. The molecule has 0 fully saturated rings. The van der Waals surface area contributed by atoms with Crippen LogP contribution in [0.15, 0.2) is 17.6 Å². The van der Waals surface area contributed by atoms with Gasteiger partial charge in [0.05, 0.1) is 8.07 Å². The second-order valence-corrected chi connectivity index (χ2v) is 12.7. The first-order valence-electron chi connectivity index (χ1n) is 10.3. The zero-order valence-electron chi connectivity index (χ0n) is 16.2. The fraction of sp³-hybridized carbons (Fsp3) is 0.857. The molecule has 1 unspecified atom stereocenters. The number of hydrogen-bond donors (Lipinski definition) is 0. The Morgan fingerprint density at radius 2 is 1.48 bits per heavy atom. The van der Waals surface area contributed by atoms with Gasteiger partial charge in [-0.15, -0.1) is 6.58 Å². The average molecular weight is 336 g/mol. The molecule has 1 rings (SSSR count). The van der Waals surface area contributed by atoms with E-state index >= 15 is 0 Å². The Morgan fingerprint density at radius 3 is 2.00 bits per heavy atom. The van der Waals surface area contributed by atoms with Crippen LogP contribution in [0.2, 0.25) is 24.2 Å². The maximum absolute atomic E-state index is 5.14. The SMILES string of the molecule is C=CC(C1=NCCCCCCCCCC1)[Si](C)(CCC)CCC. The minimum atomic E-state index is -1.31. The predicted octanol–water partition coefficient (Wildman–Crippen LogP) is 7.41. The number of aliphatic imine (C=N–C) groups is 1. The van der Waals surface area contributed by atoms with Crippen molar-refractivity contribution in [3.8, 4) is 0 Å². The van der Waals surface area contributed by atoms with Crippen LogP contribution in [-0.2, 0) is 0 Å². The molecule has 1 atom stereocenters. The van der Waals surface area contributed by atoms with Gasteiger partial charge in [-0.1, -0.05) is 89.9 Å². The first kappa shape index (κ1) is 20.7. The summed E-state index contributed by atoms with van der Waals surface area (Å²) >= 11 is 0. The lowest BCUT2D eigenvalue weighted by atomic mass is 10.0. The summed E-state index contributed by atoms with van der Waals surface area (Å²) in [7, 11) is -1.31. The zero-order chi connectivity index (χ0) is 17.0. The van der Waals surface area contributed by atoms with Crippen molar-refractivity contribution in [3.05, 3.63) is 12.7 Å². The third kappa shape index (κ3) is 7.37. The second-order valence-electron chi connectivity index (χ2n) is 7.82. The monoisotopic (exact) mass is 335 g/mol. The van der Waals surface area contributed by atoms with Crippen molar-refractivity contribution >= 4 is 13.8 Å². The van der Waals surface area contributed by atoms with Crippen LogP contribution in [0.5, 0.6) is 0 Å². The van der Waals surface area contributed by atoms with E-state index in [2.05, 4.69) is 33.0 Å². The molecule has 0 bridgehead atoms. The minimum Gasteiger partial charge on any atom is -0.294 e. The highest BCUT2D eigenvalue weighted by atomic mass is 28.3. The lowest BCUT2D eigenvalue weighted by Gasteiger charge is -2.35. The summed E-state index contributed by atoms with van der Waals surface area (Å²) in [6, 6.07) is 2.85. The molecule has 0 saturated carbocycles. The molecule has 0 amide bonds. The molecule has 0 spiro atoms. The van der Waals surface area contributed by atoms with E-state index in [0.717, 1.165) is 6.54 Å². The summed E-state index contributed by atoms with van der Waals surface area (Å²) in [5.41, 5.74) is 2.14. The maximum atomic E-state index is 5.14. The normalized spacial score (nSPS) is 20.0. The van der Waals surface area contributed by atoms with E-state index in [1.165, 1.54) is 88.4 Å². The molecule has 1 aliphatic rings. The van der Waals surface area contributed by atoms with Gasteiger partial charge in [-0.2, -0.15) is 0 Å². The van der Waals surface area contributed by atoms with Crippen molar-refractivity contribution in [1.29, 1.82) is 0 Å². The third-order valence-corrected chi connectivity index (χ3v) is 11.0. The molecule has 1 heterocycles. The van der Waals surface area contributed by atoms with Crippen molar-refractivity contribution in [1.82, 2.24) is 0 Å². The van der Waals surface area contributed by atoms with Gasteiger partial charge < -0.3 is 0 Å². The van der Waals surface area contributed by atoms with Gasteiger partial charge >= 0.3 is 0 Å². The van der Waals surface area contributed by atoms with Crippen LogP contribution in [0.3, 0.4) is 0 Å². The van der Waals surface area contributed by atoms with Crippen LogP contribution in [0.4, 0.5) is 0 Å². The van der Waals surface area contributed by atoms with Gasteiger partial charge in [0.15, 0.2) is 0 Å². The Hall–Kier alpha value is -0.373. The third-order valence-electron chi connectivity index (χ3n) is 5.64. The lowest BCUT2D eigenvalue weighted by Crippen LogP contribution is -2.39. The summed E-state index contributed by atoms with van der Waals surface area (Å²) < 4.78 is 0. The van der Waals surface area contributed by atoms with E-state index in [-0.39, 0.29) is 0 Å². The van der Waals surface area contributed by atoms with E-state index in [4.69, 9.17) is 4.99 Å². The van der Waals surface area contributed by atoms with Crippen LogP contribution in [-0.4, -0.2) is 20.3 Å². The van der Waals surface area contributed by atoms with Gasteiger partial charge in [0.25, 0.3) is 0 Å². The molecule has 0 aromatic carbocycles. The number of nitrogens with zero attached hydrogens (tertiary/aromatic N) is 1. The summed E-state index contributed by atoms with van der Waals surface area (Å²) in [6.07, 6.45) is 17.2. The summed E-state index contributed by atoms with van der Waals surface area (Å²) in [5, 5.41) is 0. The molecular weight excluding hydrogens is 294 g/mol. The molecule has 1 aliphatic heterocycles. The predicted molar refractivity (Wildman–Crippen MR) is 110 cm³/mol. The van der Waals surface area contributed by atoms with E-state index < -0.39 is 8.07 Å². The average Bonchev–Trinajstić information content (AvgIpc) is 2.50. The maximum Gasteiger partial charge on any atom is 0.0641 e. The molecule has 0 aliphatic carbocycles. The Balaban J connectivity index is 2.88. The highest BCUT2D eigenvalue weighted by Gasteiger charge is 2.35. The minimum absolute atomic E-state index is 0.616. The number of allylic oxidation sites excluding steroid dienone is 1. The molecular formula is C21H41NSi. The Labute approximate surface area is 147 Å². The molecule has 2 heteroatoms. The van der Waals surface area contributed by atoms with Gasteiger partial charge in [-0.05, 0) is 19.3 Å². The molecule has 0 saturated heterocycles. The lowest BCUT2D eigenvalue weighted by molar-refractivity contribution is 0.568. The quantitative estimate of drug-likeness (QED) is 0.339. The molecule has 1 nitrogen and oxygen atoms in total. The Kier molecular flexibility index (Phi) is 10.8. The smallest absolute Gasteiger partial charge is 0.0641 e. The molecule has 134 valence electrons. The van der Waals surface area contributed by atoms with Crippen LogP contribution >= 0.6 is 0 Å². The van der Waals surface area contributed by atoms with Gasteiger partial charge in [-0.3, -0.25) is 4.99 Å². The first-order valence-corrected chi connectivity index (χ1v) is 13.3. The fourth-order valence-corrected chi connectivity index (χ4v) is 9.20. The van der Waals surface area contributed by atoms with Gasteiger partial charge in [0.2, 0.25) is 0 Å². The topological polar surface area (TPSA) is 12.4 Å². The molecule has 0 aromatic rings. The van der Waals surface area contributed by atoms with Crippen molar-refractivity contribution in [2.24, 2.45) is 4.99 Å². The van der Waals surface area contributed by atoms with E-state index in [1.807, 2.05) is 0 Å². The Morgan fingerprint density at radius 1 is 0.957 bits per heavy atom. The van der Waals surface area contributed by atoms with Crippen molar-refractivity contribution in [2.75, 3.05) is 6.54 Å². The Bertz CT molecular complexity index is 342. The first-order chi connectivity index (χ1) is 11.2. The summed E-state index contributed by atoms with van der Waals surface area (Å²) in [4.78, 5) is 5.14. The van der Waals surface area contributed by atoms with E-state index in [0.29, 0.717) is 5.54 Å². The van der Waals surface area contributed by atoms with E-state index in [1.54, 1.807) is 0 Å². The van der Waals surface area contributed by atoms with E-state index in [9.17, 15) is 0 Å². The molecule has 0 N–H and O–H groups in total. The number of hydrogen-bond acceptors (Lipinski definition) is 1. The van der Waals surface area contributed by atoms with Gasteiger partial charge in [0.1, 0.15) is 0 Å². The van der Waals surface area contributed by atoms with Crippen LogP contribution in [0.1, 0.15) is 84.5 Å². The van der Waals surface area contributed by atoms with Gasteiger partial charge in [-0.25, -0.2) is 0 Å². The second kappa shape index (κ2) is 12.1. The van der Waals surface area contributed by atoms with Crippen molar-refractivity contribution in [2.45, 2.75) is 109 Å². The molecule has 23 heavy (non-hydrogen) atoms. The fourth-order valence-electron chi connectivity index (χ4n) is 4.44. The summed E-state index contributed by atoms with van der Waals surface area (Å²) in [5.74, 6) is 0. The van der Waals surface area contributed by atoms with Crippen LogP contribution < -0.4 is 0 Å². The largest absolute Gasteiger partial charge is 0.294 e. The van der Waals surface area contributed by atoms with Crippen LogP contribution in [0, 0.1) is 0 Å². The highest BCUT2D eigenvalue weighted by molar-refractivity contribution is 6.83. The zero-order valence-corrected chi connectivity index (χ0v) is 17.2. The molecule has 0 aromatic heterocycles. The van der Waals surface area contributed by atoms with Crippen LogP contribution in [0.25, 0.3) is 0 Å².